The molecule has 196 valence electrons. The van der Waals surface area contributed by atoms with E-state index in [2.05, 4.69) is 5.10 Å². The van der Waals surface area contributed by atoms with E-state index in [1.165, 1.54) is 24.3 Å². The van der Waals surface area contributed by atoms with E-state index < -0.39 is 56.6 Å². The Balaban J connectivity index is 1.70. The molecule has 0 fully saturated rings. The number of amides is 1. The Labute approximate surface area is 205 Å². The van der Waals surface area contributed by atoms with Crippen LogP contribution in [0, 0.1) is 5.82 Å². The molecule has 0 saturated heterocycles. The van der Waals surface area contributed by atoms with Crippen molar-refractivity contribution < 1.29 is 48.1 Å². The lowest BCUT2D eigenvalue weighted by Crippen LogP contribution is -2.20. The second kappa shape index (κ2) is 10.6. The van der Waals surface area contributed by atoms with Crippen molar-refractivity contribution in [2.45, 2.75) is 23.7 Å². The first-order valence-electron chi connectivity index (χ1n) is 10.0. The zero-order valence-electron chi connectivity index (χ0n) is 18.3. The molecule has 0 aliphatic rings. The number of nitrogens with zero attached hydrogens (tertiary/aromatic N) is 1. The summed E-state index contributed by atoms with van der Waals surface area (Å²) in [7, 11) is -4.54. The van der Waals surface area contributed by atoms with Crippen LogP contribution in [-0.2, 0) is 33.7 Å². The smallest absolute Gasteiger partial charge is 0.378 e. The molecule has 0 atom stereocenters. The van der Waals surface area contributed by atoms with E-state index in [1.807, 2.05) is 5.43 Å². The van der Waals surface area contributed by atoms with Gasteiger partial charge in [-0.25, -0.2) is 9.82 Å². The molecule has 1 N–H and O–H groups in total. The van der Waals surface area contributed by atoms with Crippen molar-refractivity contribution in [1.29, 1.82) is 0 Å². The fraction of sp³-hybridized carbons (Fsp3) is 0.130. The molecule has 0 unspecified atom stereocenters. The maximum atomic E-state index is 13.4. The molecule has 0 aliphatic carbocycles. The molecule has 37 heavy (non-hydrogen) atoms. The first-order chi connectivity index (χ1) is 17.2. The second-order valence-electron chi connectivity index (χ2n) is 7.38. The van der Waals surface area contributed by atoms with Crippen LogP contribution in [0.3, 0.4) is 0 Å². The van der Waals surface area contributed by atoms with Gasteiger partial charge in [0.05, 0.1) is 23.8 Å². The van der Waals surface area contributed by atoms with Gasteiger partial charge in [0.2, 0.25) is 5.91 Å². The summed E-state index contributed by atoms with van der Waals surface area (Å²) in [6.07, 6.45) is -9.18. The Bertz CT molecular complexity index is 1420. The van der Waals surface area contributed by atoms with E-state index >= 15 is 0 Å². The second-order valence-corrected chi connectivity index (χ2v) is 8.93. The molecule has 0 radical (unpaired) electrons. The van der Waals surface area contributed by atoms with E-state index in [1.54, 1.807) is 0 Å². The lowest BCUT2D eigenvalue weighted by Gasteiger charge is -2.11. The standard InChI is InChI=1S/C23H15F7N2O4S/c24-19-10-5-14(11-18(19)23(28,29)30)12-21(33)32-31-13-15-3-1-2-4-20(15)36-37(34,35)17-8-6-16(7-9-17)22(25,26)27/h1-11,13H,12H2,(H,32,33)/b31-13+. The maximum Gasteiger partial charge on any atom is 0.419 e. The van der Waals surface area contributed by atoms with Gasteiger partial charge in [-0.15, -0.1) is 0 Å². The van der Waals surface area contributed by atoms with E-state index in [-0.39, 0.29) is 16.9 Å². The molecule has 0 aromatic heterocycles. The van der Waals surface area contributed by atoms with Crippen LogP contribution in [0.1, 0.15) is 22.3 Å². The van der Waals surface area contributed by atoms with Gasteiger partial charge >= 0.3 is 22.5 Å². The average Bonchev–Trinajstić information content (AvgIpc) is 2.80. The van der Waals surface area contributed by atoms with Crippen molar-refractivity contribution in [3.05, 3.63) is 94.8 Å². The summed E-state index contributed by atoms with van der Waals surface area (Å²) in [5.74, 6) is -2.61. The van der Waals surface area contributed by atoms with Crippen LogP contribution >= 0.6 is 0 Å². The molecule has 3 aromatic rings. The van der Waals surface area contributed by atoms with Crippen LogP contribution < -0.4 is 9.61 Å². The molecule has 0 saturated carbocycles. The third kappa shape index (κ3) is 7.29. The number of halogens is 7. The summed E-state index contributed by atoms with van der Waals surface area (Å²) < 4.78 is 120. The molecule has 0 bridgehead atoms. The lowest BCUT2D eigenvalue weighted by atomic mass is 10.1. The summed E-state index contributed by atoms with van der Waals surface area (Å²) in [6.45, 7) is 0. The number of para-hydroxylation sites is 1. The first kappa shape index (κ1) is 27.6. The number of rotatable bonds is 7. The van der Waals surface area contributed by atoms with E-state index in [0.717, 1.165) is 24.4 Å². The van der Waals surface area contributed by atoms with Gasteiger partial charge in [0, 0.05) is 5.56 Å². The van der Waals surface area contributed by atoms with Gasteiger partial charge < -0.3 is 4.18 Å². The largest absolute Gasteiger partial charge is 0.419 e. The van der Waals surface area contributed by atoms with Gasteiger partial charge in [0.15, 0.2) is 5.75 Å². The van der Waals surface area contributed by atoms with Crippen LogP contribution in [-0.4, -0.2) is 20.5 Å². The fourth-order valence-electron chi connectivity index (χ4n) is 2.94. The van der Waals surface area contributed by atoms with E-state index in [4.69, 9.17) is 4.18 Å². The number of benzene rings is 3. The Morgan fingerprint density at radius 1 is 0.919 bits per heavy atom. The van der Waals surface area contributed by atoms with Crippen LogP contribution in [0.25, 0.3) is 0 Å². The van der Waals surface area contributed by atoms with Crippen LogP contribution in [0.2, 0.25) is 0 Å². The van der Waals surface area contributed by atoms with Crippen molar-refractivity contribution in [3.63, 3.8) is 0 Å². The van der Waals surface area contributed by atoms with Crippen molar-refractivity contribution in [3.8, 4) is 5.75 Å². The first-order valence-corrected chi connectivity index (χ1v) is 11.5. The predicted molar refractivity (Wildman–Crippen MR) is 117 cm³/mol. The summed E-state index contributed by atoms with van der Waals surface area (Å²) in [5, 5.41) is 3.61. The highest BCUT2D eigenvalue weighted by Gasteiger charge is 2.34. The SMILES string of the molecule is O=C(Cc1ccc(F)c(C(F)(F)F)c1)N/N=C/c1ccccc1OS(=O)(=O)c1ccc(C(F)(F)F)cc1. The van der Waals surface area contributed by atoms with Gasteiger partial charge in [0.25, 0.3) is 0 Å². The Hall–Kier alpha value is -3.94. The molecule has 6 nitrogen and oxygen atoms in total. The van der Waals surface area contributed by atoms with Crippen molar-refractivity contribution in [1.82, 2.24) is 5.43 Å². The molecule has 3 aromatic carbocycles. The van der Waals surface area contributed by atoms with Gasteiger partial charge in [-0.2, -0.15) is 39.9 Å². The number of hydrogen-bond acceptors (Lipinski definition) is 5. The summed E-state index contributed by atoms with van der Waals surface area (Å²) in [6, 6.07) is 10.2. The number of hydrazone groups is 1. The highest BCUT2D eigenvalue weighted by molar-refractivity contribution is 7.87. The Morgan fingerprint density at radius 2 is 1.57 bits per heavy atom. The number of hydrogen-bond donors (Lipinski definition) is 1. The molecular weight excluding hydrogens is 533 g/mol. The van der Waals surface area contributed by atoms with Crippen LogP contribution in [0.5, 0.6) is 5.75 Å². The third-order valence-electron chi connectivity index (χ3n) is 4.68. The van der Waals surface area contributed by atoms with Gasteiger partial charge in [-0.3, -0.25) is 4.79 Å². The van der Waals surface area contributed by atoms with Gasteiger partial charge in [-0.1, -0.05) is 18.2 Å². The summed E-state index contributed by atoms with van der Waals surface area (Å²) >= 11 is 0. The molecule has 0 spiro atoms. The third-order valence-corrected chi connectivity index (χ3v) is 5.93. The average molecular weight is 548 g/mol. The van der Waals surface area contributed by atoms with Gasteiger partial charge in [0.1, 0.15) is 10.7 Å². The number of alkyl halides is 6. The molecule has 0 aliphatic heterocycles. The normalized spacial score (nSPS) is 12.5. The van der Waals surface area contributed by atoms with Gasteiger partial charge in [-0.05, 0) is 54.1 Å². The van der Waals surface area contributed by atoms with Crippen molar-refractivity contribution >= 4 is 22.2 Å². The maximum absolute atomic E-state index is 13.4. The molecule has 3 rings (SSSR count). The Kier molecular flexibility index (Phi) is 7.91. The zero-order chi connectivity index (χ0) is 27.4. The van der Waals surface area contributed by atoms with Crippen LogP contribution in [0.4, 0.5) is 30.7 Å². The minimum Gasteiger partial charge on any atom is -0.378 e. The summed E-state index contributed by atoms with van der Waals surface area (Å²) in [4.78, 5) is 11.5. The zero-order valence-corrected chi connectivity index (χ0v) is 19.1. The quantitative estimate of drug-likeness (QED) is 0.187. The molecular formula is C23H15F7N2O4S. The fourth-order valence-corrected chi connectivity index (χ4v) is 3.89. The summed E-state index contributed by atoms with van der Waals surface area (Å²) in [5.41, 5.74) is -0.629. The number of nitrogens with one attached hydrogen (secondary N) is 1. The number of carbonyl (C=O) groups excluding carboxylic acids is 1. The molecule has 14 heteroatoms. The minimum atomic E-state index is -4.95. The molecule has 1 amide bonds. The lowest BCUT2D eigenvalue weighted by molar-refractivity contribution is -0.140. The number of carbonyl (C=O) groups is 1. The highest BCUT2D eigenvalue weighted by Crippen LogP contribution is 2.32. The van der Waals surface area contributed by atoms with Crippen molar-refractivity contribution in [2.75, 3.05) is 0 Å². The topological polar surface area (TPSA) is 84.8 Å². The van der Waals surface area contributed by atoms with E-state index in [9.17, 15) is 43.9 Å². The Morgan fingerprint density at radius 3 is 2.19 bits per heavy atom. The highest BCUT2D eigenvalue weighted by atomic mass is 32.2. The van der Waals surface area contributed by atoms with E-state index in [0.29, 0.717) is 24.3 Å². The van der Waals surface area contributed by atoms with Crippen LogP contribution in [0.15, 0.2) is 76.7 Å². The molecule has 0 heterocycles. The predicted octanol–water partition coefficient (Wildman–Crippen LogP) is 5.32. The minimum absolute atomic E-state index is 0.0411. The van der Waals surface area contributed by atoms with Crippen molar-refractivity contribution in [2.24, 2.45) is 5.10 Å². The monoisotopic (exact) mass is 548 g/mol.